The molecule has 1 aromatic rings. The highest BCUT2D eigenvalue weighted by atomic mass is 16.5. The summed E-state index contributed by atoms with van der Waals surface area (Å²) < 4.78 is 5.40. The highest BCUT2D eigenvalue weighted by Gasteiger charge is 2.10. The van der Waals surface area contributed by atoms with Crippen LogP contribution in [0.2, 0.25) is 0 Å². The summed E-state index contributed by atoms with van der Waals surface area (Å²) in [5, 5.41) is 13.6. The predicted molar refractivity (Wildman–Crippen MR) is 131 cm³/mol. The van der Waals surface area contributed by atoms with E-state index in [0.29, 0.717) is 45.0 Å². The van der Waals surface area contributed by atoms with Crippen molar-refractivity contribution in [3.63, 3.8) is 0 Å². The van der Waals surface area contributed by atoms with Crippen molar-refractivity contribution in [2.24, 2.45) is 0 Å². The number of benzene rings is 1. The van der Waals surface area contributed by atoms with Crippen LogP contribution in [0, 0.1) is 0 Å². The Morgan fingerprint density at radius 3 is 2.29 bits per heavy atom. The minimum Gasteiger partial charge on any atom is -0.392 e. The van der Waals surface area contributed by atoms with Crippen molar-refractivity contribution in [2.45, 2.75) is 39.5 Å². The maximum atomic E-state index is 12.1. The summed E-state index contributed by atoms with van der Waals surface area (Å²) in [6, 6.07) is 6.74. The Hall–Kier alpha value is -3.40. The lowest BCUT2D eigenvalue weighted by Gasteiger charge is -2.09. The number of carbonyl (C=O) groups is 4. The van der Waals surface area contributed by atoms with Crippen molar-refractivity contribution in [3.8, 4) is 0 Å². The average molecular weight is 476 g/mol. The van der Waals surface area contributed by atoms with Crippen LogP contribution in [0.5, 0.6) is 0 Å². The molecule has 0 saturated heterocycles. The second-order valence-corrected chi connectivity index (χ2v) is 7.64. The molecule has 5 N–H and O–H groups in total. The van der Waals surface area contributed by atoms with Gasteiger partial charge in [0.1, 0.15) is 6.42 Å². The first-order chi connectivity index (χ1) is 16.3. The summed E-state index contributed by atoms with van der Waals surface area (Å²) >= 11 is 0. The molecule has 1 aromatic carbocycles. The number of allylic oxidation sites excluding steroid dienone is 2. The molecule has 0 aliphatic heterocycles. The minimum atomic E-state index is -0.428. The van der Waals surface area contributed by atoms with Gasteiger partial charge in [-0.15, -0.1) is 0 Å². The first kappa shape index (κ1) is 28.6. The number of urea groups is 1. The largest absolute Gasteiger partial charge is 0.392 e. The Bertz CT molecular complexity index is 824. The van der Waals surface area contributed by atoms with Crippen molar-refractivity contribution in [1.29, 1.82) is 0 Å². The number of amides is 4. The maximum absolute atomic E-state index is 12.1. The van der Waals surface area contributed by atoms with E-state index in [4.69, 9.17) is 4.74 Å². The Kier molecular flexibility index (Phi) is 14.4. The lowest BCUT2D eigenvalue weighted by atomic mass is 10.1. The van der Waals surface area contributed by atoms with Gasteiger partial charge in [0.05, 0.1) is 6.61 Å². The SMILES string of the molecule is CCCNC(=O)NCCCOCCNC(=O)CC(=O)Nc1ccc(CC(=O)/C=C(/C)NC)cc1. The van der Waals surface area contributed by atoms with Gasteiger partial charge in [-0.05, 0) is 37.5 Å². The number of ether oxygens (including phenoxy) is 1. The zero-order valence-corrected chi connectivity index (χ0v) is 20.3. The fourth-order valence-electron chi connectivity index (χ4n) is 2.73. The van der Waals surface area contributed by atoms with Gasteiger partial charge in [-0.2, -0.15) is 0 Å². The van der Waals surface area contributed by atoms with E-state index in [1.807, 2.05) is 13.8 Å². The van der Waals surface area contributed by atoms with Crippen molar-refractivity contribution in [3.05, 3.63) is 41.6 Å². The average Bonchev–Trinajstić information content (AvgIpc) is 2.80. The minimum absolute atomic E-state index is 0.0178. The maximum Gasteiger partial charge on any atom is 0.314 e. The number of anilines is 1. The molecule has 0 unspecified atom stereocenters. The number of nitrogens with one attached hydrogen (secondary N) is 5. The summed E-state index contributed by atoms with van der Waals surface area (Å²) in [5.74, 6) is -0.845. The van der Waals surface area contributed by atoms with E-state index in [9.17, 15) is 19.2 Å². The van der Waals surface area contributed by atoms with Gasteiger partial charge in [0.15, 0.2) is 5.78 Å². The normalized spacial score (nSPS) is 10.9. The van der Waals surface area contributed by atoms with Crippen molar-refractivity contribution in [1.82, 2.24) is 21.3 Å². The fourth-order valence-corrected chi connectivity index (χ4v) is 2.73. The van der Waals surface area contributed by atoms with Gasteiger partial charge >= 0.3 is 6.03 Å². The molecule has 0 atom stereocenters. The molecule has 188 valence electrons. The van der Waals surface area contributed by atoms with E-state index in [2.05, 4.69) is 26.6 Å². The van der Waals surface area contributed by atoms with Gasteiger partial charge in [0, 0.05) is 57.2 Å². The van der Waals surface area contributed by atoms with Crippen molar-refractivity contribution >= 4 is 29.3 Å². The van der Waals surface area contributed by atoms with Gasteiger partial charge < -0.3 is 31.3 Å². The second-order valence-electron chi connectivity index (χ2n) is 7.64. The topological polar surface area (TPSA) is 138 Å². The molecular formula is C24H37N5O5. The van der Waals surface area contributed by atoms with Gasteiger partial charge in [-0.3, -0.25) is 14.4 Å². The van der Waals surface area contributed by atoms with E-state index < -0.39 is 11.8 Å². The Balaban J connectivity index is 2.17. The number of carbonyl (C=O) groups excluding carboxylic acids is 4. The zero-order chi connectivity index (χ0) is 25.2. The quantitative estimate of drug-likeness (QED) is 0.140. The van der Waals surface area contributed by atoms with Gasteiger partial charge in [0.2, 0.25) is 11.8 Å². The summed E-state index contributed by atoms with van der Waals surface area (Å²) in [4.78, 5) is 47.2. The van der Waals surface area contributed by atoms with Gasteiger partial charge in [-0.25, -0.2) is 4.79 Å². The molecule has 0 radical (unpaired) electrons. The molecule has 0 saturated carbocycles. The van der Waals surface area contributed by atoms with Crippen LogP contribution in [0.1, 0.15) is 38.7 Å². The summed E-state index contributed by atoms with van der Waals surface area (Å²) in [6.45, 7) is 6.01. The molecule has 0 fully saturated rings. The van der Waals surface area contributed by atoms with E-state index in [0.717, 1.165) is 17.7 Å². The molecule has 0 bridgehead atoms. The molecule has 1 rings (SSSR count). The van der Waals surface area contributed by atoms with E-state index >= 15 is 0 Å². The number of ketones is 1. The molecule has 0 spiro atoms. The molecule has 4 amide bonds. The van der Waals surface area contributed by atoms with Crippen LogP contribution in [0.3, 0.4) is 0 Å². The molecule has 0 aliphatic rings. The first-order valence-corrected chi connectivity index (χ1v) is 11.5. The molecule has 10 nitrogen and oxygen atoms in total. The Morgan fingerprint density at radius 2 is 1.62 bits per heavy atom. The molecule has 34 heavy (non-hydrogen) atoms. The molecular weight excluding hydrogens is 438 g/mol. The third-order valence-electron chi connectivity index (χ3n) is 4.56. The smallest absolute Gasteiger partial charge is 0.314 e. The molecule has 10 heteroatoms. The van der Waals surface area contributed by atoms with Crippen LogP contribution >= 0.6 is 0 Å². The van der Waals surface area contributed by atoms with Crippen LogP contribution in [0.25, 0.3) is 0 Å². The zero-order valence-electron chi connectivity index (χ0n) is 20.3. The van der Waals surface area contributed by atoms with Crippen LogP contribution in [-0.2, 0) is 25.5 Å². The second kappa shape index (κ2) is 17.1. The lowest BCUT2D eigenvalue weighted by molar-refractivity contribution is -0.127. The van der Waals surface area contributed by atoms with Crippen LogP contribution in [0.4, 0.5) is 10.5 Å². The van der Waals surface area contributed by atoms with E-state index in [1.54, 1.807) is 37.4 Å². The van der Waals surface area contributed by atoms with E-state index in [-0.39, 0.29) is 24.7 Å². The van der Waals surface area contributed by atoms with Crippen molar-refractivity contribution < 1.29 is 23.9 Å². The van der Waals surface area contributed by atoms with Crippen LogP contribution < -0.4 is 26.6 Å². The van der Waals surface area contributed by atoms with Gasteiger partial charge in [-0.1, -0.05) is 19.1 Å². The highest BCUT2D eigenvalue weighted by Crippen LogP contribution is 2.11. The number of hydrogen-bond acceptors (Lipinski definition) is 6. The first-order valence-electron chi connectivity index (χ1n) is 11.5. The van der Waals surface area contributed by atoms with Crippen LogP contribution in [-0.4, -0.2) is 63.5 Å². The number of hydrogen-bond donors (Lipinski definition) is 5. The third kappa shape index (κ3) is 13.9. The lowest BCUT2D eigenvalue weighted by Crippen LogP contribution is -2.36. The predicted octanol–water partition coefficient (Wildman–Crippen LogP) is 1.48. The molecule has 0 aliphatic carbocycles. The summed E-state index contributed by atoms with van der Waals surface area (Å²) in [7, 11) is 1.75. The summed E-state index contributed by atoms with van der Waals surface area (Å²) in [6.07, 6.45) is 3.06. The monoisotopic (exact) mass is 475 g/mol. The third-order valence-corrected chi connectivity index (χ3v) is 4.56. The standard InChI is InChI=1S/C24H37N5O5/c1-4-10-27-24(33)28-11-5-13-34-14-12-26-22(31)17-23(32)29-20-8-6-19(7-9-20)16-21(30)15-18(2)25-3/h6-9,15,25H,4-5,10-14,16-17H2,1-3H3,(H,26,31)(H,29,32)(H2,27,28,33)/b18-15-. The van der Waals surface area contributed by atoms with Gasteiger partial charge in [0.25, 0.3) is 0 Å². The highest BCUT2D eigenvalue weighted by molar-refractivity contribution is 6.03. The molecule has 0 aromatic heterocycles. The van der Waals surface area contributed by atoms with E-state index in [1.165, 1.54) is 0 Å². The number of rotatable bonds is 16. The molecule has 0 heterocycles. The Labute approximate surface area is 201 Å². The van der Waals surface area contributed by atoms with Crippen LogP contribution in [0.15, 0.2) is 36.0 Å². The summed E-state index contributed by atoms with van der Waals surface area (Å²) in [5.41, 5.74) is 2.17. The fraction of sp³-hybridized carbons (Fsp3) is 0.500. The van der Waals surface area contributed by atoms with Crippen molar-refractivity contribution in [2.75, 3.05) is 45.2 Å². The Morgan fingerprint density at radius 1 is 0.912 bits per heavy atom.